The fourth-order valence-electron chi connectivity index (χ4n) is 1.67. The molecule has 0 saturated carbocycles. The minimum atomic E-state index is -0.428. The van der Waals surface area contributed by atoms with Gasteiger partial charge in [0.15, 0.2) is 6.29 Å². The van der Waals surface area contributed by atoms with E-state index < -0.39 is 4.92 Å². The predicted octanol–water partition coefficient (Wildman–Crippen LogP) is 2.51. The first-order chi connectivity index (χ1) is 8.13. The molecular formula is C12H10N2O3. The smallest absolute Gasteiger partial charge is 0.274 e. The molecule has 1 heterocycles. The van der Waals surface area contributed by atoms with E-state index in [1.807, 2.05) is 0 Å². The predicted molar refractivity (Wildman–Crippen MR) is 62.5 cm³/mol. The number of aldehydes is 1. The van der Waals surface area contributed by atoms with Gasteiger partial charge >= 0.3 is 0 Å². The monoisotopic (exact) mass is 230 g/mol. The molecule has 0 spiro atoms. The molecule has 2 aromatic rings. The molecule has 0 bridgehead atoms. The molecule has 0 unspecified atom stereocenters. The van der Waals surface area contributed by atoms with E-state index >= 15 is 0 Å². The topological polar surface area (TPSA) is 65.1 Å². The van der Waals surface area contributed by atoms with Crippen molar-refractivity contribution in [3.63, 3.8) is 0 Å². The number of aryl methyl sites for hydroxylation is 1. The van der Waals surface area contributed by atoms with Gasteiger partial charge in [-0.3, -0.25) is 14.9 Å². The average molecular weight is 230 g/mol. The lowest BCUT2D eigenvalue weighted by Crippen LogP contribution is -1.99. The van der Waals surface area contributed by atoms with E-state index in [-0.39, 0.29) is 5.69 Å². The van der Waals surface area contributed by atoms with Crippen LogP contribution < -0.4 is 0 Å². The SMILES string of the molecule is Cc1ccc(-n2cccc2C=O)cc1[N+](=O)[O-]. The largest absolute Gasteiger partial charge is 0.314 e. The van der Waals surface area contributed by atoms with Crippen LogP contribution in [-0.4, -0.2) is 15.8 Å². The van der Waals surface area contributed by atoms with Gasteiger partial charge in [0.05, 0.1) is 16.3 Å². The molecule has 0 N–H and O–H groups in total. The highest BCUT2D eigenvalue weighted by Crippen LogP contribution is 2.22. The normalized spacial score (nSPS) is 10.2. The van der Waals surface area contributed by atoms with Crippen LogP contribution in [-0.2, 0) is 0 Å². The van der Waals surface area contributed by atoms with E-state index in [4.69, 9.17) is 0 Å². The van der Waals surface area contributed by atoms with E-state index in [1.54, 1.807) is 42.0 Å². The molecule has 0 saturated heterocycles. The molecule has 0 atom stereocenters. The highest BCUT2D eigenvalue weighted by Gasteiger charge is 2.12. The number of carbonyl (C=O) groups is 1. The zero-order chi connectivity index (χ0) is 12.4. The Morgan fingerprint density at radius 3 is 2.76 bits per heavy atom. The summed E-state index contributed by atoms with van der Waals surface area (Å²) in [6.07, 6.45) is 2.41. The van der Waals surface area contributed by atoms with Gasteiger partial charge in [0, 0.05) is 17.8 Å². The van der Waals surface area contributed by atoms with Gasteiger partial charge in [0.25, 0.3) is 5.69 Å². The lowest BCUT2D eigenvalue weighted by molar-refractivity contribution is -0.385. The number of hydrogen-bond donors (Lipinski definition) is 0. The van der Waals surface area contributed by atoms with Crippen molar-refractivity contribution in [3.05, 3.63) is 57.9 Å². The summed E-state index contributed by atoms with van der Waals surface area (Å²) in [6, 6.07) is 8.24. The van der Waals surface area contributed by atoms with Crippen LogP contribution in [0, 0.1) is 17.0 Å². The molecule has 0 aliphatic rings. The first-order valence-corrected chi connectivity index (χ1v) is 5.01. The van der Waals surface area contributed by atoms with E-state index in [0.29, 0.717) is 23.2 Å². The van der Waals surface area contributed by atoms with Crippen LogP contribution in [0.25, 0.3) is 5.69 Å². The summed E-state index contributed by atoms with van der Waals surface area (Å²) in [5.74, 6) is 0. The second-order valence-corrected chi connectivity index (χ2v) is 3.65. The van der Waals surface area contributed by atoms with E-state index in [1.165, 1.54) is 6.07 Å². The van der Waals surface area contributed by atoms with Crippen LogP contribution in [0.1, 0.15) is 16.1 Å². The Hall–Kier alpha value is -2.43. The first kappa shape index (κ1) is 11.1. The van der Waals surface area contributed by atoms with Crippen molar-refractivity contribution in [1.29, 1.82) is 0 Å². The molecule has 0 aliphatic carbocycles. The van der Waals surface area contributed by atoms with Gasteiger partial charge in [-0.15, -0.1) is 0 Å². The lowest BCUT2D eigenvalue weighted by atomic mass is 10.2. The van der Waals surface area contributed by atoms with Crippen LogP contribution in [0.5, 0.6) is 0 Å². The van der Waals surface area contributed by atoms with E-state index in [2.05, 4.69) is 0 Å². The van der Waals surface area contributed by atoms with Crippen LogP contribution in [0.2, 0.25) is 0 Å². The fraction of sp³-hybridized carbons (Fsp3) is 0.0833. The van der Waals surface area contributed by atoms with Crippen molar-refractivity contribution in [2.45, 2.75) is 6.92 Å². The van der Waals surface area contributed by atoms with Crippen molar-refractivity contribution < 1.29 is 9.72 Å². The third kappa shape index (κ3) is 1.94. The average Bonchev–Trinajstić information content (AvgIpc) is 2.77. The van der Waals surface area contributed by atoms with Crippen molar-refractivity contribution in [3.8, 4) is 5.69 Å². The number of hydrogen-bond acceptors (Lipinski definition) is 3. The summed E-state index contributed by atoms with van der Waals surface area (Å²) in [5.41, 5.74) is 1.71. The van der Waals surface area contributed by atoms with Gasteiger partial charge in [-0.2, -0.15) is 0 Å². The number of nitro benzene ring substituents is 1. The highest BCUT2D eigenvalue weighted by molar-refractivity contribution is 5.74. The number of carbonyl (C=O) groups excluding carboxylic acids is 1. The number of nitrogens with zero attached hydrogens (tertiary/aromatic N) is 2. The van der Waals surface area contributed by atoms with Crippen LogP contribution in [0.3, 0.4) is 0 Å². The number of benzene rings is 1. The van der Waals surface area contributed by atoms with Gasteiger partial charge in [0.1, 0.15) is 0 Å². The molecule has 2 rings (SSSR count). The third-order valence-electron chi connectivity index (χ3n) is 2.57. The summed E-state index contributed by atoms with van der Waals surface area (Å²) in [6.45, 7) is 1.68. The molecule has 0 amide bonds. The highest BCUT2D eigenvalue weighted by atomic mass is 16.6. The molecule has 0 radical (unpaired) electrons. The molecule has 0 aliphatic heterocycles. The summed E-state index contributed by atoms with van der Waals surface area (Å²) in [5, 5.41) is 10.8. The van der Waals surface area contributed by atoms with Crippen molar-refractivity contribution in [2.24, 2.45) is 0 Å². The lowest BCUT2D eigenvalue weighted by Gasteiger charge is -2.06. The zero-order valence-corrected chi connectivity index (χ0v) is 9.16. The molecule has 17 heavy (non-hydrogen) atoms. The van der Waals surface area contributed by atoms with Gasteiger partial charge in [-0.25, -0.2) is 0 Å². The molecule has 0 fully saturated rings. The second kappa shape index (κ2) is 4.21. The number of aromatic nitrogens is 1. The van der Waals surface area contributed by atoms with Crippen LogP contribution in [0.15, 0.2) is 36.5 Å². The van der Waals surface area contributed by atoms with Crippen molar-refractivity contribution in [2.75, 3.05) is 0 Å². The van der Waals surface area contributed by atoms with Crippen LogP contribution >= 0.6 is 0 Å². The molecule has 5 heteroatoms. The Labute approximate surface area is 97.5 Å². The zero-order valence-electron chi connectivity index (χ0n) is 9.16. The molecule has 1 aromatic carbocycles. The van der Waals surface area contributed by atoms with Crippen LogP contribution in [0.4, 0.5) is 5.69 Å². The minimum absolute atomic E-state index is 0.0491. The molecular weight excluding hydrogens is 220 g/mol. The van der Waals surface area contributed by atoms with E-state index in [9.17, 15) is 14.9 Å². The second-order valence-electron chi connectivity index (χ2n) is 3.65. The number of nitro groups is 1. The Bertz CT molecular complexity index is 587. The van der Waals surface area contributed by atoms with E-state index in [0.717, 1.165) is 0 Å². The fourth-order valence-corrected chi connectivity index (χ4v) is 1.67. The third-order valence-corrected chi connectivity index (χ3v) is 2.57. The molecule has 1 aromatic heterocycles. The first-order valence-electron chi connectivity index (χ1n) is 5.01. The maximum Gasteiger partial charge on any atom is 0.274 e. The standard InChI is InChI=1S/C12H10N2O3/c1-9-4-5-10(7-12(9)14(16)17)13-6-2-3-11(13)8-15/h2-8H,1H3. The van der Waals surface area contributed by atoms with Gasteiger partial charge in [-0.05, 0) is 25.1 Å². The Morgan fingerprint density at radius 1 is 1.35 bits per heavy atom. The Morgan fingerprint density at radius 2 is 2.12 bits per heavy atom. The van der Waals surface area contributed by atoms with Crippen molar-refractivity contribution >= 4 is 12.0 Å². The minimum Gasteiger partial charge on any atom is -0.314 e. The molecule has 5 nitrogen and oxygen atoms in total. The summed E-state index contributed by atoms with van der Waals surface area (Å²) < 4.78 is 1.61. The summed E-state index contributed by atoms with van der Waals surface area (Å²) >= 11 is 0. The Kier molecular flexibility index (Phi) is 2.74. The Balaban J connectivity index is 2.57. The summed E-state index contributed by atoms with van der Waals surface area (Å²) in [4.78, 5) is 21.2. The van der Waals surface area contributed by atoms with Crippen molar-refractivity contribution in [1.82, 2.24) is 4.57 Å². The van der Waals surface area contributed by atoms with Gasteiger partial charge < -0.3 is 4.57 Å². The molecule has 86 valence electrons. The summed E-state index contributed by atoms with van der Waals surface area (Å²) in [7, 11) is 0. The maximum atomic E-state index is 10.8. The number of rotatable bonds is 3. The quantitative estimate of drug-likeness (QED) is 0.462. The van der Waals surface area contributed by atoms with Gasteiger partial charge in [-0.1, -0.05) is 6.07 Å². The maximum absolute atomic E-state index is 10.8. The van der Waals surface area contributed by atoms with Gasteiger partial charge in [0.2, 0.25) is 0 Å².